The normalized spacial score (nSPS) is 16.5. The summed E-state index contributed by atoms with van der Waals surface area (Å²) in [5.41, 5.74) is 0. The number of hydrogen-bond donors (Lipinski definition) is 4. The van der Waals surface area contributed by atoms with Gasteiger partial charge in [-0.1, -0.05) is 13.8 Å². The number of aliphatic hydroxyl groups excluding tert-OH is 1. The number of carbonyl (C=O) groups is 2. The number of aliphatic hydroxyl groups is 1. The van der Waals surface area contributed by atoms with E-state index in [9.17, 15) is 9.59 Å². The van der Waals surface area contributed by atoms with E-state index in [0.29, 0.717) is 6.04 Å². The van der Waals surface area contributed by atoms with Gasteiger partial charge in [-0.05, 0) is 12.8 Å². The van der Waals surface area contributed by atoms with Crippen LogP contribution in [0.2, 0.25) is 0 Å². The fourth-order valence-electron chi connectivity index (χ4n) is 1.21. The molecule has 1 unspecified atom stereocenters. The van der Waals surface area contributed by atoms with Gasteiger partial charge >= 0.3 is 6.03 Å². The van der Waals surface area contributed by atoms with Gasteiger partial charge in [0.05, 0.1) is 12.6 Å². The van der Waals surface area contributed by atoms with Gasteiger partial charge in [0.25, 0.3) is 0 Å². The Hall–Kier alpha value is -1.30. The van der Waals surface area contributed by atoms with Crippen molar-refractivity contribution in [1.82, 2.24) is 16.0 Å². The largest absolute Gasteiger partial charge is 0.394 e. The van der Waals surface area contributed by atoms with Crippen molar-refractivity contribution in [3.05, 3.63) is 0 Å². The lowest BCUT2D eigenvalue weighted by Crippen LogP contribution is -2.49. The van der Waals surface area contributed by atoms with Crippen LogP contribution in [0.15, 0.2) is 0 Å². The van der Waals surface area contributed by atoms with Crippen LogP contribution in [0.3, 0.4) is 0 Å². The lowest BCUT2D eigenvalue weighted by Gasteiger charge is -2.18. The summed E-state index contributed by atoms with van der Waals surface area (Å²) in [6.45, 7) is 3.59. The number of hydrogen-bond acceptors (Lipinski definition) is 3. The predicted molar refractivity (Wildman–Crippen MR) is 63.4 cm³/mol. The molecule has 1 aliphatic rings. The van der Waals surface area contributed by atoms with Crippen LogP contribution in [-0.4, -0.2) is 42.3 Å². The Morgan fingerprint density at radius 3 is 2.47 bits per heavy atom. The van der Waals surface area contributed by atoms with Crippen LogP contribution < -0.4 is 16.0 Å². The van der Waals surface area contributed by atoms with Crippen molar-refractivity contribution in [1.29, 1.82) is 0 Å². The molecule has 0 aliphatic heterocycles. The smallest absolute Gasteiger partial charge is 0.315 e. The summed E-state index contributed by atoms with van der Waals surface area (Å²) in [5.74, 6) is -0.266. The Kier molecular flexibility index (Phi) is 5.21. The SMILES string of the molecule is CC(C)C(=O)NC(CO)CNC(=O)NC1CC1. The standard InChI is InChI=1S/C11H21N3O3/c1-7(2)10(16)13-9(6-15)5-12-11(17)14-8-3-4-8/h7-9,15H,3-6H2,1-2H3,(H,13,16)(H2,12,14,17). The van der Waals surface area contributed by atoms with Gasteiger partial charge in [0.15, 0.2) is 0 Å². The van der Waals surface area contributed by atoms with E-state index in [-0.39, 0.29) is 31.0 Å². The average molecular weight is 243 g/mol. The molecule has 0 spiro atoms. The van der Waals surface area contributed by atoms with E-state index in [4.69, 9.17) is 5.11 Å². The zero-order valence-electron chi connectivity index (χ0n) is 10.3. The fraction of sp³-hybridized carbons (Fsp3) is 0.818. The van der Waals surface area contributed by atoms with Gasteiger partial charge in [0.1, 0.15) is 0 Å². The summed E-state index contributed by atoms with van der Waals surface area (Å²) in [7, 11) is 0. The van der Waals surface area contributed by atoms with Gasteiger partial charge in [-0.25, -0.2) is 4.79 Å². The molecule has 4 N–H and O–H groups in total. The van der Waals surface area contributed by atoms with Crippen LogP contribution in [0.25, 0.3) is 0 Å². The molecule has 1 aliphatic carbocycles. The molecule has 0 bridgehead atoms. The molecule has 1 atom stereocenters. The maximum atomic E-state index is 11.4. The lowest BCUT2D eigenvalue weighted by atomic mass is 10.2. The molecule has 3 amide bonds. The summed E-state index contributed by atoms with van der Waals surface area (Å²) in [6, 6.07) is -0.382. The third-order valence-corrected chi connectivity index (χ3v) is 2.51. The number of amides is 3. The molecule has 0 aromatic heterocycles. The number of carbonyl (C=O) groups excluding carboxylic acids is 2. The van der Waals surface area contributed by atoms with Gasteiger partial charge in [0.2, 0.25) is 5.91 Å². The van der Waals surface area contributed by atoms with Crippen LogP contribution in [-0.2, 0) is 4.79 Å². The molecule has 1 saturated carbocycles. The van der Waals surface area contributed by atoms with Crippen LogP contribution >= 0.6 is 0 Å². The number of urea groups is 1. The number of rotatable bonds is 6. The molecule has 0 radical (unpaired) electrons. The number of nitrogens with one attached hydrogen (secondary N) is 3. The van der Waals surface area contributed by atoms with E-state index in [1.54, 1.807) is 13.8 Å². The van der Waals surface area contributed by atoms with Gasteiger partial charge < -0.3 is 21.1 Å². The molecular formula is C11H21N3O3. The summed E-state index contributed by atoms with van der Waals surface area (Å²) in [4.78, 5) is 22.7. The van der Waals surface area contributed by atoms with Crippen molar-refractivity contribution >= 4 is 11.9 Å². The Bertz CT molecular complexity index is 277. The highest BCUT2D eigenvalue weighted by Crippen LogP contribution is 2.18. The minimum atomic E-state index is -0.435. The van der Waals surface area contributed by atoms with Crippen molar-refractivity contribution in [2.24, 2.45) is 5.92 Å². The highest BCUT2D eigenvalue weighted by molar-refractivity contribution is 5.78. The van der Waals surface area contributed by atoms with Crippen molar-refractivity contribution in [2.75, 3.05) is 13.2 Å². The minimum absolute atomic E-state index is 0.131. The van der Waals surface area contributed by atoms with Crippen LogP contribution in [0, 0.1) is 5.92 Å². The summed E-state index contributed by atoms with van der Waals surface area (Å²) < 4.78 is 0. The molecule has 6 heteroatoms. The second-order valence-electron chi connectivity index (χ2n) is 4.67. The Labute approximate surface area is 101 Å². The molecule has 6 nitrogen and oxygen atoms in total. The average Bonchev–Trinajstić information content (AvgIpc) is 3.07. The van der Waals surface area contributed by atoms with E-state index in [1.165, 1.54) is 0 Å². The summed E-state index contributed by atoms with van der Waals surface area (Å²) in [6.07, 6.45) is 2.06. The van der Waals surface area contributed by atoms with E-state index < -0.39 is 6.04 Å². The van der Waals surface area contributed by atoms with E-state index in [0.717, 1.165) is 12.8 Å². The predicted octanol–water partition coefficient (Wildman–Crippen LogP) is -0.419. The molecule has 17 heavy (non-hydrogen) atoms. The van der Waals surface area contributed by atoms with Crippen LogP contribution in [0.1, 0.15) is 26.7 Å². The quantitative estimate of drug-likeness (QED) is 0.511. The molecule has 0 heterocycles. The van der Waals surface area contributed by atoms with Crippen LogP contribution in [0.5, 0.6) is 0 Å². The van der Waals surface area contributed by atoms with Gasteiger partial charge in [-0.2, -0.15) is 0 Å². The van der Waals surface area contributed by atoms with Gasteiger partial charge in [-0.15, -0.1) is 0 Å². The summed E-state index contributed by atoms with van der Waals surface area (Å²) >= 11 is 0. The molecule has 98 valence electrons. The minimum Gasteiger partial charge on any atom is -0.394 e. The summed E-state index contributed by atoms with van der Waals surface area (Å²) in [5, 5.41) is 17.1. The Morgan fingerprint density at radius 2 is 2.00 bits per heavy atom. The zero-order valence-corrected chi connectivity index (χ0v) is 10.3. The second kappa shape index (κ2) is 6.44. The first-order valence-corrected chi connectivity index (χ1v) is 5.98. The highest BCUT2D eigenvalue weighted by atomic mass is 16.3. The van der Waals surface area contributed by atoms with Gasteiger partial charge in [-0.3, -0.25) is 4.79 Å². The zero-order chi connectivity index (χ0) is 12.8. The highest BCUT2D eigenvalue weighted by Gasteiger charge is 2.23. The van der Waals surface area contributed by atoms with E-state index in [1.807, 2.05) is 0 Å². The molecular weight excluding hydrogens is 222 g/mol. The maximum Gasteiger partial charge on any atom is 0.315 e. The lowest BCUT2D eigenvalue weighted by molar-refractivity contribution is -0.125. The van der Waals surface area contributed by atoms with Crippen molar-refractivity contribution < 1.29 is 14.7 Å². The molecule has 1 fully saturated rings. The first kappa shape index (κ1) is 13.8. The topological polar surface area (TPSA) is 90.5 Å². The molecule has 1 rings (SSSR count). The molecule has 0 saturated heterocycles. The molecule has 0 aromatic rings. The van der Waals surface area contributed by atoms with Gasteiger partial charge in [0, 0.05) is 18.5 Å². The first-order chi connectivity index (χ1) is 8.02. The molecule has 0 aromatic carbocycles. The van der Waals surface area contributed by atoms with Crippen molar-refractivity contribution in [3.8, 4) is 0 Å². The maximum absolute atomic E-state index is 11.4. The third-order valence-electron chi connectivity index (χ3n) is 2.51. The van der Waals surface area contributed by atoms with E-state index in [2.05, 4.69) is 16.0 Å². The third kappa shape index (κ3) is 5.53. The Balaban J connectivity index is 2.20. The monoisotopic (exact) mass is 243 g/mol. The van der Waals surface area contributed by atoms with Crippen molar-refractivity contribution in [2.45, 2.75) is 38.8 Å². The van der Waals surface area contributed by atoms with E-state index >= 15 is 0 Å². The first-order valence-electron chi connectivity index (χ1n) is 5.98. The van der Waals surface area contributed by atoms with Crippen LogP contribution in [0.4, 0.5) is 4.79 Å². The van der Waals surface area contributed by atoms with Crippen molar-refractivity contribution in [3.63, 3.8) is 0 Å². The Morgan fingerprint density at radius 1 is 1.35 bits per heavy atom. The second-order valence-corrected chi connectivity index (χ2v) is 4.67. The fourth-order valence-corrected chi connectivity index (χ4v) is 1.21.